The first-order valence-electron chi connectivity index (χ1n) is 4.55. The molecule has 0 heterocycles. The van der Waals surface area contributed by atoms with Crippen molar-refractivity contribution in [3.63, 3.8) is 0 Å². The van der Waals surface area contributed by atoms with Gasteiger partial charge in [-0.1, -0.05) is 13.8 Å². The Bertz CT molecular complexity index is 119. The molecule has 0 fully saturated rings. The van der Waals surface area contributed by atoms with Crippen LogP contribution in [0.3, 0.4) is 0 Å². The van der Waals surface area contributed by atoms with Crippen LogP contribution < -0.4 is 5.32 Å². The van der Waals surface area contributed by atoms with Gasteiger partial charge in [-0.2, -0.15) is 0 Å². The highest BCUT2D eigenvalue weighted by Gasteiger charge is 2.31. The molecule has 0 saturated heterocycles. The predicted octanol–water partition coefficient (Wildman–Crippen LogP) is 0.772. The summed E-state index contributed by atoms with van der Waals surface area (Å²) in [6.45, 7) is 7.23. The van der Waals surface area contributed by atoms with Crippen LogP contribution in [0, 0.1) is 0 Å². The Morgan fingerprint density at radius 3 is 2.42 bits per heavy atom. The van der Waals surface area contributed by atoms with Gasteiger partial charge in [-0.25, -0.2) is 0 Å². The molecule has 0 aromatic carbocycles. The molecule has 0 amide bonds. The molecular weight excluding hydrogens is 154 g/mol. The SMILES string of the molecule is CCNC(C)C(O)(CC)COC. The maximum atomic E-state index is 10.0. The molecule has 74 valence electrons. The summed E-state index contributed by atoms with van der Waals surface area (Å²) in [4.78, 5) is 0. The van der Waals surface area contributed by atoms with Crippen molar-refractivity contribution >= 4 is 0 Å². The third-order valence-corrected chi connectivity index (χ3v) is 2.32. The van der Waals surface area contributed by atoms with E-state index in [2.05, 4.69) is 5.32 Å². The highest BCUT2D eigenvalue weighted by Crippen LogP contribution is 2.15. The van der Waals surface area contributed by atoms with Gasteiger partial charge in [0.25, 0.3) is 0 Å². The van der Waals surface area contributed by atoms with E-state index in [0.29, 0.717) is 13.0 Å². The lowest BCUT2D eigenvalue weighted by Gasteiger charge is -2.32. The van der Waals surface area contributed by atoms with Crippen LogP contribution in [0.2, 0.25) is 0 Å². The van der Waals surface area contributed by atoms with E-state index in [-0.39, 0.29) is 6.04 Å². The summed E-state index contributed by atoms with van der Waals surface area (Å²) in [5.41, 5.74) is -0.731. The topological polar surface area (TPSA) is 41.5 Å². The number of ether oxygens (including phenoxy) is 1. The number of aliphatic hydroxyl groups is 1. The third kappa shape index (κ3) is 3.09. The molecule has 2 N–H and O–H groups in total. The van der Waals surface area contributed by atoms with E-state index in [1.807, 2.05) is 20.8 Å². The van der Waals surface area contributed by atoms with E-state index in [4.69, 9.17) is 4.74 Å². The molecule has 0 aliphatic carbocycles. The quantitative estimate of drug-likeness (QED) is 0.626. The lowest BCUT2D eigenvalue weighted by Crippen LogP contribution is -2.51. The Hall–Kier alpha value is -0.120. The number of nitrogens with one attached hydrogen (secondary N) is 1. The van der Waals surface area contributed by atoms with Crippen LogP contribution in [0.5, 0.6) is 0 Å². The zero-order valence-corrected chi connectivity index (χ0v) is 8.55. The summed E-state index contributed by atoms with van der Waals surface area (Å²) in [6.07, 6.45) is 0.703. The van der Waals surface area contributed by atoms with E-state index in [1.54, 1.807) is 7.11 Å². The minimum Gasteiger partial charge on any atom is -0.386 e. The highest BCUT2D eigenvalue weighted by molar-refractivity contribution is 4.87. The van der Waals surface area contributed by atoms with E-state index >= 15 is 0 Å². The molecule has 3 nitrogen and oxygen atoms in total. The molecule has 12 heavy (non-hydrogen) atoms. The Labute approximate surface area is 75.1 Å². The van der Waals surface area contributed by atoms with Crippen molar-refractivity contribution in [3.05, 3.63) is 0 Å². The van der Waals surface area contributed by atoms with Crippen LogP contribution in [0.15, 0.2) is 0 Å². The van der Waals surface area contributed by atoms with Gasteiger partial charge < -0.3 is 15.2 Å². The molecule has 0 bridgehead atoms. The number of methoxy groups -OCH3 is 1. The molecule has 0 aliphatic rings. The van der Waals surface area contributed by atoms with Crippen molar-refractivity contribution in [1.29, 1.82) is 0 Å². The van der Waals surface area contributed by atoms with Crippen molar-refractivity contribution in [2.24, 2.45) is 0 Å². The van der Waals surface area contributed by atoms with E-state index in [0.717, 1.165) is 6.54 Å². The van der Waals surface area contributed by atoms with Gasteiger partial charge in [0.05, 0.1) is 6.61 Å². The number of hydrogen-bond donors (Lipinski definition) is 2. The fourth-order valence-electron chi connectivity index (χ4n) is 1.28. The zero-order chi connectivity index (χ0) is 9.61. The summed E-state index contributed by atoms with van der Waals surface area (Å²) in [5.74, 6) is 0. The highest BCUT2D eigenvalue weighted by atomic mass is 16.5. The summed E-state index contributed by atoms with van der Waals surface area (Å²) >= 11 is 0. The van der Waals surface area contributed by atoms with Gasteiger partial charge in [0.15, 0.2) is 0 Å². The number of hydrogen-bond acceptors (Lipinski definition) is 3. The minimum atomic E-state index is -0.731. The van der Waals surface area contributed by atoms with Crippen molar-refractivity contribution in [2.45, 2.75) is 38.8 Å². The smallest absolute Gasteiger partial charge is 0.103 e. The summed E-state index contributed by atoms with van der Waals surface area (Å²) in [5, 5.41) is 13.2. The van der Waals surface area contributed by atoms with Gasteiger partial charge in [0.1, 0.15) is 5.60 Å². The Morgan fingerprint density at radius 1 is 1.50 bits per heavy atom. The van der Waals surface area contributed by atoms with Gasteiger partial charge in [-0.15, -0.1) is 0 Å². The van der Waals surface area contributed by atoms with Gasteiger partial charge >= 0.3 is 0 Å². The summed E-state index contributed by atoms with van der Waals surface area (Å²) in [7, 11) is 1.61. The second-order valence-electron chi connectivity index (χ2n) is 3.17. The van der Waals surface area contributed by atoms with E-state index < -0.39 is 5.60 Å². The van der Waals surface area contributed by atoms with Gasteiger partial charge in [0.2, 0.25) is 0 Å². The summed E-state index contributed by atoms with van der Waals surface area (Å²) < 4.78 is 4.98. The standard InChI is InChI=1S/C9H21NO2/c1-5-9(11,7-12-4)8(3)10-6-2/h8,10-11H,5-7H2,1-4H3. The monoisotopic (exact) mass is 175 g/mol. The average molecular weight is 175 g/mol. The van der Waals surface area contributed by atoms with E-state index in [1.165, 1.54) is 0 Å². The Kier molecular flexibility index (Phi) is 5.46. The predicted molar refractivity (Wildman–Crippen MR) is 50.3 cm³/mol. The minimum absolute atomic E-state index is 0.0763. The Morgan fingerprint density at radius 2 is 2.08 bits per heavy atom. The maximum absolute atomic E-state index is 10.0. The van der Waals surface area contributed by atoms with Crippen LogP contribution in [-0.2, 0) is 4.74 Å². The fourth-order valence-corrected chi connectivity index (χ4v) is 1.28. The molecule has 3 heteroatoms. The van der Waals surface area contributed by atoms with Gasteiger partial charge in [0, 0.05) is 13.2 Å². The van der Waals surface area contributed by atoms with Crippen LogP contribution >= 0.6 is 0 Å². The van der Waals surface area contributed by atoms with Gasteiger partial charge in [-0.3, -0.25) is 0 Å². The number of rotatable bonds is 6. The van der Waals surface area contributed by atoms with E-state index in [9.17, 15) is 5.11 Å². The van der Waals surface area contributed by atoms with Crippen LogP contribution in [0.25, 0.3) is 0 Å². The van der Waals surface area contributed by atoms with Crippen molar-refractivity contribution in [2.75, 3.05) is 20.3 Å². The lowest BCUT2D eigenvalue weighted by molar-refractivity contribution is -0.0560. The second kappa shape index (κ2) is 5.51. The lowest BCUT2D eigenvalue weighted by atomic mass is 9.93. The molecule has 0 aromatic heterocycles. The molecule has 2 atom stereocenters. The average Bonchev–Trinajstić information content (AvgIpc) is 2.05. The number of likely N-dealkylation sites (N-methyl/N-ethyl adjacent to an activating group) is 1. The molecule has 0 aliphatic heterocycles. The van der Waals surface area contributed by atoms with Crippen LogP contribution in [-0.4, -0.2) is 37.0 Å². The molecular formula is C9H21NO2. The van der Waals surface area contributed by atoms with Crippen molar-refractivity contribution in [3.8, 4) is 0 Å². The molecule has 0 radical (unpaired) electrons. The van der Waals surface area contributed by atoms with Crippen LogP contribution in [0.4, 0.5) is 0 Å². The first kappa shape index (κ1) is 11.9. The molecule has 0 aromatic rings. The molecule has 0 rings (SSSR count). The first-order valence-corrected chi connectivity index (χ1v) is 4.55. The van der Waals surface area contributed by atoms with Crippen molar-refractivity contribution in [1.82, 2.24) is 5.32 Å². The van der Waals surface area contributed by atoms with Crippen molar-refractivity contribution < 1.29 is 9.84 Å². The third-order valence-electron chi connectivity index (χ3n) is 2.32. The Balaban J connectivity index is 4.08. The zero-order valence-electron chi connectivity index (χ0n) is 8.55. The molecule has 0 spiro atoms. The summed E-state index contributed by atoms with van der Waals surface area (Å²) in [6, 6.07) is 0.0763. The molecule has 2 unspecified atom stereocenters. The first-order chi connectivity index (χ1) is 5.60. The maximum Gasteiger partial charge on any atom is 0.103 e. The fraction of sp³-hybridized carbons (Fsp3) is 1.00. The van der Waals surface area contributed by atoms with Gasteiger partial charge in [-0.05, 0) is 19.9 Å². The normalized spacial score (nSPS) is 18.8. The molecule has 0 saturated carbocycles. The largest absolute Gasteiger partial charge is 0.386 e. The van der Waals surface area contributed by atoms with Crippen LogP contribution in [0.1, 0.15) is 27.2 Å². The second-order valence-corrected chi connectivity index (χ2v) is 3.17.